The topological polar surface area (TPSA) is 35.9 Å². The van der Waals surface area contributed by atoms with Crippen LogP contribution in [0.1, 0.15) is 5.56 Å². The van der Waals surface area contributed by atoms with Crippen molar-refractivity contribution >= 4 is 0 Å². The number of hydrogen-bond donors (Lipinski definition) is 1. The average Bonchev–Trinajstić information content (AvgIpc) is 2.40. The van der Waals surface area contributed by atoms with Gasteiger partial charge in [-0.3, -0.25) is 4.90 Å². The lowest BCUT2D eigenvalue weighted by Gasteiger charge is -2.33. The summed E-state index contributed by atoms with van der Waals surface area (Å²) in [6.07, 6.45) is 0.244. The van der Waals surface area contributed by atoms with Crippen molar-refractivity contribution in [3.8, 4) is 0 Å². The first-order chi connectivity index (χ1) is 9.28. The first-order valence-electron chi connectivity index (χ1n) is 6.95. The van der Waals surface area contributed by atoms with Crippen LogP contribution in [-0.4, -0.2) is 67.5 Å². The van der Waals surface area contributed by atoms with Crippen LogP contribution < -0.4 is 0 Å². The van der Waals surface area contributed by atoms with Gasteiger partial charge in [-0.1, -0.05) is 30.3 Å². The Morgan fingerprint density at radius 3 is 2.84 bits per heavy atom. The molecule has 0 amide bonds. The molecule has 1 saturated heterocycles. The number of hydrogen-bond acceptors (Lipinski definition) is 4. The van der Waals surface area contributed by atoms with Crippen LogP contribution in [0.25, 0.3) is 0 Å². The summed E-state index contributed by atoms with van der Waals surface area (Å²) in [6.45, 7) is 5.41. The fraction of sp³-hybridized carbons (Fsp3) is 0.600. The van der Waals surface area contributed by atoms with Gasteiger partial charge < -0.3 is 14.7 Å². The molecule has 0 aliphatic carbocycles. The molecule has 0 aromatic heterocycles. The Kier molecular flexibility index (Phi) is 5.79. The van der Waals surface area contributed by atoms with E-state index in [4.69, 9.17) is 4.74 Å². The van der Waals surface area contributed by atoms with Gasteiger partial charge in [-0.05, 0) is 12.6 Å². The summed E-state index contributed by atoms with van der Waals surface area (Å²) in [6, 6.07) is 10.4. The van der Waals surface area contributed by atoms with E-state index >= 15 is 0 Å². The Morgan fingerprint density at radius 2 is 2.16 bits per heavy atom. The summed E-state index contributed by atoms with van der Waals surface area (Å²) in [5.74, 6) is 0. The highest BCUT2D eigenvalue weighted by Crippen LogP contribution is 2.09. The van der Waals surface area contributed by atoms with Gasteiger partial charge in [-0.2, -0.15) is 0 Å². The lowest BCUT2D eigenvalue weighted by molar-refractivity contribution is -0.0382. The predicted octanol–water partition coefficient (Wildman–Crippen LogP) is 0.812. The lowest BCUT2D eigenvalue weighted by atomic mass is 10.2. The SMILES string of the molecule is CN1CCOC(CN(CCO)Cc2ccccc2)C1. The van der Waals surface area contributed by atoms with E-state index in [-0.39, 0.29) is 12.7 Å². The van der Waals surface area contributed by atoms with Crippen LogP contribution >= 0.6 is 0 Å². The minimum Gasteiger partial charge on any atom is -0.395 e. The first-order valence-corrected chi connectivity index (χ1v) is 6.95. The molecule has 1 aromatic carbocycles. The number of aliphatic hydroxyl groups is 1. The van der Waals surface area contributed by atoms with Gasteiger partial charge >= 0.3 is 0 Å². The summed E-state index contributed by atoms with van der Waals surface area (Å²) in [7, 11) is 2.13. The molecule has 0 spiro atoms. The Bertz CT molecular complexity index is 358. The zero-order valence-electron chi connectivity index (χ0n) is 11.7. The molecule has 1 heterocycles. The molecule has 0 radical (unpaired) electrons. The third-order valence-electron chi connectivity index (χ3n) is 3.47. The molecule has 1 aromatic rings. The van der Waals surface area contributed by atoms with E-state index in [9.17, 15) is 5.11 Å². The molecule has 0 bridgehead atoms. The Labute approximate surface area is 115 Å². The number of rotatable bonds is 6. The molecule has 19 heavy (non-hydrogen) atoms. The maximum Gasteiger partial charge on any atom is 0.0829 e. The van der Waals surface area contributed by atoms with Crippen molar-refractivity contribution in [2.24, 2.45) is 0 Å². The second-order valence-corrected chi connectivity index (χ2v) is 5.20. The zero-order chi connectivity index (χ0) is 13.5. The van der Waals surface area contributed by atoms with Gasteiger partial charge in [0, 0.05) is 32.7 Å². The van der Waals surface area contributed by atoms with Crippen LogP contribution in [0, 0.1) is 0 Å². The maximum atomic E-state index is 9.20. The molecular formula is C15H24N2O2. The second-order valence-electron chi connectivity index (χ2n) is 5.20. The molecule has 1 unspecified atom stereocenters. The Morgan fingerprint density at radius 1 is 1.37 bits per heavy atom. The number of aliphatic hydroxyl groups excluding tert-OH is 1. The molecule has 1 fully saturated rings. The largest absolute Gasteiger partial charge is 0.395 e. The Balaban J connectivity index is 1.88. The molecular weight excluding hydrogens is 240 g/mol. The van der Waals surface area contributed by atoms with Crippen LogP contribution in [-0.2, 0) is 11.3 Å². The molecule has 1 atom stereocenters. The van der Waals surface area contributed by atoms with Crippen molar-refractivity contribution < 1.29 is 9.84 Å². The molecule has 1 aliphatic heterocycles. The predicted molar refractivity (Wildman–Crippen MR) is 76.0 cm³/mol. The van der Waals surface area contributed by atoms with Gasteiger partial charge in [0.15, 0.2) is 0 Å². The van der Waals surface area contributed by atoms with Crippen LogP contribution in [0.5, 0.6) is 0 Å². The van der Waals surface area contributed by atoms with Gasteiger partial charge in [0.1, 0.15) is 0 Å². The third kappa shape index (κ3) is 4.91. The molecule has 1 N–H and O–H groups in total. The van der Waals surface area contributed by atoms with Crippen molar-refractivity contribution in [3.05, 3.63) is 35.9 Å². The summed E-state index contributed by atoms with van der Waals surface area (Å²) < 4.78 is 5.80. The molecule has 1 aliphatic rings. The molecule has 4 nitrogen and oxygen atoms in total. The minimum absolute atomic E-state index is 0.190. The van der Waals surface area contributed by atoms with E-state index in [1.54, 1.807) is 0 Å². The van der Waals surface area contributed by atoms with E-state index in [2.05, 4.69) is 41.1 Å². The molecule has 4 heteroatoms. The van der Waals surface area contributed by atoms with Crippen LogP contribution in [0.3, 0.4) is 0 Å². The lowest BCUT2D eigenvalue weighted by Crippen LogP contribution is -2.46. The monoisotopic (exact) mass is 264 g/mol. The Hall–Kier alpha value is -0.940. The van der Waals surface area contributed by atoms with Gasteiger partial charge in [0.25, 0.3) is 0 Å². The van der Waals surface area contributed by atoms with Crippen LogP contribution in [0.2, 0.25) is 0 Å². The number of ether oxygens (including phenoxy) is 1. The molecule has 106 valence electrons. The number of nitrogens with zero attached hydrogens (tertiary/aromatic N) is 2. The minimum atomic E-state index is 0.190. The highest BCUT2D eigenvalue weighted by atomic mass is 16.5. The molecule has 0 saturated carbocycles. The second kappa shape index (κ2) is 7.60. The highest BCUT2D eigenvalue weighted by molar-refractivity contribution is 5.14. The zero-order valence-corrected chi connectivity index (χ0v) is 11.7. The van der Waals surface area contributed by atoms with E-state index in [1.807, 2.05) is 6.07 Å². The van der Waals surface area contributed by atoms with E-state index in [1.165, 1.54) is 5.56 Å². The summed E-state index contributed by atoms with van der Waals surface area (Å²) in [4.78, 5) is 4.56. The van der Waals surface area contributed by atoms with Crippen molar-refractivity contribution in [2.45, 2.75) is 12.6 Å². The maximum absolute atomic E-state index is 9.20. The van der Waals surface area contributed by atoms with E-state index in [0.29, 0.717) is 6.54 Å². The molecule has 2 rings (SSSR count). The van der Waals surface area contributed by atoms with Crippen LogP contribution in [0.4, 0.5) is 0 Å². The van der Waals surface area contributed by atoms with Gasteiger partial charge in [0.2, 0.25) is 0 Å². The number of morpholine rings is 1. The van der Waals surface area contributed by atoms with Crippen molar-refractivity contribution in [1.29, 1.82) is 0 Å². The fourth-order valence-corrected chi connectivity index (χ4v) is 2.48. The highest BCUT2D eigenvalue weighted by Gasteiger charge is 2.20. The first kappa shape index (κ1) is 14.5. The third-order valence-corrected chi connectivity index (χ3v) is 3.47. The van der Waals surface area contributed by atoms with Gasteiger partial charge in [-0.15, -0.1) is 0 Å². The van der Waals surface area contributed by atoms with Crippen LogP contribution in [0.15, 0.2) is 30.3 Å². The van der Waals surface area contributed by atoms with E-state index in [0.717, 1.165) is 32.8 Å². The normalized spacial score (nSPS) is 20.9. The van der Waals surface area contributed by atoms with Crippen molar-refractivity contribution in [3.63, 3.8) is 0 Å². The van der Waals surface area contributed by atoms with Crippen molar-refractivity contribution in [2.75, 3.05) is 46.4 Å². The average molecular weight is 264 g/mol. The summed E-state index contributed by atoms with van der Waals surface area (Å²) in [5.41, 5.74) is 1.28. The summed E-state index contributed by atoms with van der Waals surface area (Å²) in [5, 5.41) is 9.20. The fourth-order valence-electron chi connectivity index (χ4n) is 2.48. The van der Waals surface area contributed by atoms with Gasteiger partial charge in [0.05, 0.1) is 19.3 Å². The smallest absolute Gasteiger partial charge is 0.0829 e. The number of benzene rings is 1. The standard InChI is InChI=1S/C15H24N2O2/c1-16-8-10-19-15(12-16)13-17(7-9-18)11-14-5-3-2-4-6-14/h2-6,15,18H,7-13H2,1H3. The summed E-state index contributed by atoms with van der Waals surface area (Å²) >= 11 is 0. The van der Waals surface area contributed by atoms with E-state index < -0.39 is 0 Å². The quantitative estimate of drug-likeness (QED) is 0.825. The van der Waals surface area contributed by atoms with Gasteiger partial charge in [-0.25, -0.2) is 0 Å². The number of likely N-dealkylation sites (N-methyl/N-ethyl adjacent to an activating group) is 1. The van der Waals surface area contributed by atoms with Crippen molar-refractivity contribution in [1.82, 2.24) is 9.80 Å².